The highest BCUT2D eigenvalue weighted by molar-refractivity contribution is 5.98. The van der Waals surface area contributed by atoms with Gasteiger partial charge in [-0.15, -0.1) is 0 Å². The van der Waals surface area contributed by atoms with Crippen molar-refractivity contribution in [2.45, 2.75) is 0 Å². The summed E-state index contributed by atoms with van der Waals surface area (Å²) in [5.41, 5.74) is 0.820. The molecule has 0 spiro atoms. The Morgan fingerprint density at radius 1 is 1.12 bits per heavy atom. The normalized spacial score (nSPS) is 15.1. The highest BCUT2D eigenvalue weighted by atomic mass is 19.1. The van der Waals surface area contributed by atoms with Gasteiger partial charge >= 0.3 is 0 Å². The van der Waals surface area contributed by atoms with E-state index in [2.05, 4.69) is 0 Å². The number of carbonyl (C=O) groups excluding carboxylic acids is 1. The van der Waals surface area contributed by atoms with E-state index in [1.807, 2.05) is 24.3 Å². The molecule has 16 heavy (non-hydrogen) atoms. The van der Waals surface area contributed by atoms with Gasteiger partial charge < -0.3 is 0 Å². The molecule has 1 aromatic carbocycles. The molecular formula is C14H11FO. The number of rotatable bonds is 3. The zero-order valence-corrected chi connectivity index (χ0v) is 8.64. The number of ketones is 1. The summed E-state index contributed by atoms with van der Waals surface area (Å²) in [5, 5.41) is 0. The average molecular weight is 214 g/mol. The first-order valence-corrected chi connectivity index (χ1v) is 5.08. The minimum atomic E-state index is -0.273. The molecule has 2 heteroatoms. The number of hydrogen-bond acceptors (Lipinski definition) is 1. The lowest BCUT2D eigenvalue weighted by molar-refractivity contribution is -0.115. The Bertz CT molecular complexity index is 454. The van der Waals surface area contributed by atoms with Crippen molar-refractivity contribution in [2.24, 2.45) is 5.92 Å². The van der Waals surface area contributed by atoms with Crippen molar-refractivity contribution >= 4 is 11.9 Å². The standard InChI is InChI=1S/C14H11FO/c15-13-8-5-11(6-9-13)7-10-14(16)12-3-1-2-4-12/h1-10,12H/b10-7+. The van der Waals surface area contributed by atoms with E-state index in [-0.39, 0.29) is 17.5 Å². The number of halogens is 1. The Hall–Kier alpha value is -1.96. The van der Waals surface area contributed by atoms with Crippen LogP contribution in [0.25, 0.3) is 6.08 Å². The van der Waals surface area contributed by atoms with Crippen molar-refractivity contribution < 1.29 is 9.18 Å². The smallest absolute Gasteiger partial charge is 0.166 e. The number of carbonyl (C=O) groups is 1. The molecule has 1 nitrogen and oxygen atoms in total. The highest BCUT2D eigenvalue weighted by Gasteiger charge is 2.10. The maximum absolute atomic E-state index is 12.6. The summed E-state index contributed by atoms with van der Waals surface area (Å²) in [4.78, 5) is 11.6. The van der Waals surface area contributed by atoms with Gasteiger partial charge in [-0.2, -0.15) is 0 Å². The van der Waals surface area contributed by atoms with Crippen molar-refractivity contribution in [3.63, 3.8) is 0 Å². The molecular weight excluding hydrogens is 203 g/mol. The van der Waals surface area contributed by atoms with E-state index >= 15 is 0 Å². The minimum absolute atomic E-state index is 0.0364. The molecule has 0 fully saturated rings. The van der Waals surface area contributed by atoms with Crippen LogP contribution >= 0.6 is 0 Å². The lowest BCUT2D eigenvalue weighted by Crippen LogP contribution is -2.03. The van der Waals surface area contributed by atoms with E-state index in [1.54, 1.807) is 18.2 Å². The third-order valence-electron chi connectivity index (χ3n) is 2.39. The third-order valence-corrected chi connectivity index (χ3v) is 2.39. The van der Waals surface area contributed by atoms with E-state index in [0.29, 0.717) is 0 Å². The monoisotopic (exact) mass is 214 g/mol. The number of allylic oxidation sites excluding steroid dienone is 5. The van der Waals surface area contributed by atoms with Crippen molar-refractivity contribution in [1.82, 2.24) is 0 Å². The Balaban J connectivity index is 2.03. The summed E-state index contributed by atoms with van der Waals surface area (Å²) in [6.45, 7) is 0. The summed E-state index contributed by atoms with van der Waals surface area (Å²) in [6, 6.07) is 6.03. The minimum Gasteiger partial charge on any atom is -0.294 e. The molecule has 0 saturated heterocycles. The van der Waals surface area contributed by atoms with Crippen LogP contribution in [0.5, 0.6) is 0 Å². The van der Waals surface area contributed by atoms with Gasteiger partial charge in [0, 0.05) is 0 Å². The molecule has 0 N–H and O–H groups in total. The number of benzene rings is 1. The van der Waals surface area contributed by atoms with Crippen molar-refractivity contribution in [3.05, 3.63) is 66.0 Å². The largest absolute Gasteiger partial charge is 0.294 e. The van der Waals surface area contributed by atoms with Crippen molar-refractivity contribution in [2.75, 3.05) is 0 Å². The average Bonchev–Trinajstić information content (AvgIpc) is 2.81. The molecule has 1 aliphatic rings. The van der Waals surface area contributed by atoms with Crippen LogP contribution in [0.4, 0.5) is 4.39 Å². The van der Waals surface area contributed by atoms with Gasteiger partial charge in [-0.25, -0.2) is 4.39 Å². The van der Waals surface area contributed by atoms with Gasteiger partial charge in [0.25, 0.3) is 0 Å². The highest BCUT2D eigenvalue weighted by Crippen LogP contribution is 2.12. The van der Waals surface area contributed by atoms with Gasteiger partial charge in [-0.1, -0.05) is 42.5 Å². The summed E-state index contributed by atoms with van der Waals surface area (Å²) in [6.07, 6.45) is 10.6. The molecule has 1 aliphatic carbocycles. The molecule has 1 aromatic rings. The quantitative estimate of drug-likeness (QED) is 0.706. The van der Waals surface area contributed by atoms with Crippen LogP contribution in [0.2, 0.25) is 0 Å². The van der Waals surface area contributed by atoms with Crippen LogP contribution in [-0.4, -0.2) is 5.78 Å². The third kappa shape index (κ3) is 2.54. The van der Waals surface area contributed by atoms with Gasteiger partial charge in [0.2, 0.25) is 0 Å². The zero-order chi connectivity index (χ0) is 11.4. The van der Waals surface area contributed by atoms with E-state index in [0.717, 1.165) is 5.56 Å². The Morgan fingerprint density at radius 3 is 2.38 bits per heavy atom. The van der Waals surface area contributed by atoms with Gasteiger partial charge in [-0.3, -0.25) is 4.79 Å². The van der Waals surface area contributed by atoms with Crippen molar-refractivity contribution in [1.29, 1.82) is 0 Å². The molecule has 0 bridgehead atoms. The van der Waals surface area contributed by atoms with Crippen LogP contribution in [0, 0.1) is 11.7 Å². The molecule has 0 amide bonds. The number of hydrogen-bond donors (Lipinski definition) is 0. The zero-order valence-electron chi connectivity index (χ0n) is 8.64. The van der Waals surface area contributed by atoms with Crippen LogP contribution in [0.3, 0.4) is 0 Å². The molecule has 0 unspecified atom stereocenters. The lowest BCUT2D eigenvalue weighted by atomic mass is 10.1. The van der Waals surface area contributed by atoms with Gasteiger partial charge in [0.15, 0.2) is 5.78 Å². The second kappa shape index (κ2) is 4.71. The van der Waals surface area contributed by atoms with E-state index in [4.69, 9.17) is 0 Å². The van der Waals surface area contributed by atoms with Crippen LogP contribution in [-0.2, 0) is 4.79 Å². The second-order valence-corrected chi connectivity index (χ2v) is 3.58. The van der Waals surface area contributed by atoms with Crippen LogP contribution in [0.1, 0.15) is 5.56 Å². The van der Waals surface area contributed by atoms with Crippen LogP contribution in [0.15, 0.2) is 54.6 Å². The first kappa shape index (κ1) is 10.6. The Labute approximate surface area is 93.6 Å². The maximum atomic E-state index is 12.6. The lowest BCUT2D eigenvalue weighted by Gasteiger charge is -1.98. The summed E-state index contributed by atoms with van der Waals surface area (Å²) in [7, 11) is 0. The molecule has 0 aliphatic heterocycles. The van der Waals surface area contributed by atoms with Gasteiger partial charge in [0.1, 0.15) is 5.82 Å². The summed E-state index contributed by atoms with van der Waals surface area (Å²) < 4.78 is 12.6. The molecule has 0 aromatic heterocycles. The SMILES string of the molecule is O=C(/C=C/c1ccc(F)cc1)C1C=CC=C1. The fourth-order valence-corrected chi connectivity index (χ4v) is 1.48. The van der Waals surface area contributed by atoms with Gasteiger partial charge in [-0.05, 0) is 23.8 Å². The van der Waals surface area contributed by atoms with E-state index in [1.165, 1.54) is 18.2 Å². The topological polar surface area (TPSA) is 17.1 Å². The molecule has 2 rings (SSSR count). The molecule has 0 atom stereocenters. The predicted octanol–water partition coefficient (Wildman–Crippen LogP) is 3.15. The van der Waals surface area contributed by atoms with Crippen molar-refractivity contribution in [3.8, 4) is 0 Å². The summed E-state index contributed by atoms with van der Waals surface area (Å²) in [5.74, 6) is -0.379. The van der Waals surface area contributed by atoms with Gasteiger partial charge in [0.05, 0.1) is 5.92 Å². The maximum Gasteiger partial charge on any atom is 0.166 e. The Morgan fingerprint density at radius 2 is 1.75 bits per heavy atom. The predicted molar refractivity (Wildman–Crippen MR) is 62.2 cm³/mol. The molecule has 0 heterocycles. The second-order valence-electron chi connectivity index (χ2n) is 3.58. The fourth-order valence-electron chi connectivity index (χ4n) is 1.48. The first-order valence-electron chi connectivity index (χ1n) is 5.08. The molecule has 0 saturated carbocycles. The summed E-state index contributed by atoms with van der Waals surface area (Å²) >= 11 is 0. The molecule has 0 radical (unpaired) electrons. The Kier molecular flexibility index (Phi) is 3.10. The fraction of sp³-hybridized carbons (Fsp3) is 0.0714. The first-order chi connectivity index (χ1) is 7.75. The van der Waals surface area contributed by atoms with E-state index < -0.39 is 0 Å². The van der Waals surface area contributed by atoms with E-state index in [9.17, 15) is 9.18 Å². The molecule has 80 valence electrons. The van der Waals surface area contributed by atoms with Crippen LogP contribution < -0.4 is 0 Å².